The maximum Gasteiger partial charge on any atom is 0.266 e. The standard InChI is InChI=1S/C31H22N2O5/c1-38-25-12-6-11-24(19-25)33-30(36)26-15-14-22(18-27(26)31(33)37)29(35)32-23-10-5-9-21(17-23)28(34)16-13-20-7-3-2-4-8-20/h2-19H,1H3,(H,32,35)/b16-13+. The first kappa shape index (κ1) is 24.4. The Morgan fingerprint density at radius 2 is 1.53 bits per heavy atom. The number of nitrogens with zero attached hydrogens (tertiary/aromatic N) is 1. The summed E-state index contributed by atoms with van der Waals surface area (Å²) in [6.45, 7) is 0. The van der Waals surface area contributed by atoms with Gasteiger partial charge in [-0.3, -0.25) is 19.2 Å². The second-order valence-corrected chi connectivity index (χ2v) is 8.55. The van der Waals surface area contributed by atoms with Gasteiger partial charge in [-0.05, 0) is 54.1 Å². The van der Waals surface area contributed by atoms with Crippen molar-refractivity contribution in [3.63, 3.8) is 0 Å². The van der Waals surface area contributed by atoms with Gasteiger partial charge >= 0.3 is 0 Å². The minimum Gasteiger partial charge on any atom is -0.497 e. The van der Waals surface area contributed by atoms with E-state index < -0.39 is 17.7 Å². The highest BCUT2D eigenvalue weighted by atomic mass is 16.5. The van der Waals surface area contributed by atoms with Crippen LogP contribution in [-0.2, 0) is 0 Å². The lowest BCUT2D eigenvalue weighted by Gasteiger charge is -2.14. The molecule has 0 radical (unpaired) electrons. The summed E-state index contributed by atoms with van der Waals surface area (Å²) in [6, 6.07) is 27.1. The molecule has 3 amide bonds. The fourth-order valence-electron chi connectivity index (χ4n) is 4.15. The predicted molar refractivity (Wildman–Crippen MR) is 145 cm³/mol. The summed E-state index contributed by atoms with van der Waals surface area (Å²) in [4.78, 5) is 52.7. The summed E-state index contributed by atoms with van der Waals surface area (Å²) >= 11 is 0. The lowest BCUT2D eigenvalue weighted by molar-refractivity contribution is 0.0924. The monoisotopic (exact) mass is 502 g/mol. The van der Waals surface area contributed by atoms with Gasteiger partial charge in [0.2, 0.25) is 0 Å². The molecular weight excluding hydrogens is 480 g/mol. The molecule has 38 heavy (non-hydrogen) atoms. The van der Waals surface area contributed by atoms with Crippen molar-refractivity contribution in [3.8, 4) is 5.75 Å². The van der Waals surface area contributed by atoms with Crippen molar-refractivity contribution in [1.82, 2.24) is 0 Å². The Morgan fingerprint density at radius 3 is 2.32 bits per heavy atom. The van der Waals surface area contributed by atoms with Gasteiger partial charge in [0.25, 0.3) is 17.7 Å². The molecule has 0 fully saturated rings. The molecule has 0 bridgehead atoms. The maximum absolute atomic E-state index is 13.1. The van der Waals surface area contributed by atoms with Gasteiger partial charge in [0.15, 0.2) is 5.78 Å². The number of methoxy groups -OCH3 is 1. The molecule has 0 atom stereocenters. The van der Waals surface area contributed by atoms with Gasteiger partial charge in [-0.15, -0.1) is 0 Å². The van der Waals surface area contributed by atoms with E-state index >= 15 is 0 Å². The van der Waals surface area contributed by atoms with E-state index in [1.807, 2.05) is 30.3 Å². The Morgan fingerprint density at radius 1 is 0.763 bits per heavy atom. The SMILES string of the molecule is COc1cccc(N2C(=O)c3ccc(C(=O)Nc4cccc(C(=O)/C=C/c5ccccc5)c4)cc3C2=O)c1. The van der Waals surface area contributed by atoms with Crippen molar-refractivity contribution in [1.29, 1.82) is 0 Å². The highest BCUT2D eigenvalue weighted by Crippen LogP contribution is 2.31. The van der Waals surface area contributed by atoms with E-state index in [0.717, 1.165) is 10.5 Å². The van der Waals surface area contributed by atoms with Gasteiger partial charge < -0.3 is 10.1 Å². The second kappa shape index (κ2) is 10.4. The van der Waals surface area contributed by atoms with Crippen molar-refractivity contribution >= 4 is 41.0 Å². The molecule has 0 saturated carbocycles. The molecule has 0 saturated heterocycles. The highest BCUT2D eigenvalue weighted by molar-refractivity contribution is 6.34. The van der Waals surface area contributed by atoms with E-state index in [1.165, 1.54) is 31.4 Å². The number of anilines is 2. The molecule has 7 nitrogen and oxygen atoms in total. The van der Waals surface area contributed by atoms with Crippen LogP contribution in [0, 0.1) is 0 Å². The Hall–Kier alpha value is -5.30. The van der Waals surface area contributed by atoms with E-state index in [0.29, 0.717) is 22.7 Å². The molecule has 1 heterocycles. The van der Waals surface area contributed by atoms with Crippen LogP contribution in [0.2, 0.25) is 0 Å². The average molecular weight is 503 g/mol. The summed E-state index contributed by atoms with van der Waals surface area (Å²) in [5, 5.41) is 2.76. The number of carbonyl (C=O) groups is 4. The Kier molecular flexibility index (Phi) is 6.65. The summed E-state index contributed by atoms with van der Waals surface area (Å²) in [5.41, 5.74) is 2.68. The number of allylic oxidation sites excluding steroid dienone is 1. The molecule has 1 aliphatic rings. The minimum absolute atomic E-state index is 0.139. The molecule has 1 aliphatic heterocycles. The number of benzene rings is 4. The van der Waals surface area contributed by atoms with E-state index in [-0.39, 0.29) is 22.5 Å². The molecule has 4 aromatic carbocycles. The van der Waals surface area contributed by atoms with Crippen molar-refractivity contribution in [2.24, 2.45) is 0 Å². The van der Waals surface area contributed by atoms with Crippen molar-refractivity contribution in [2.45, 2.75) is 0 Å². The Labute approximate surface area is 219 Å². The lowest BCUT2D eigenvalue weighted by Crippen LogP contribution is -2.29. The van der Waals surface area contributed by atoms with E-state index in [2.05, 4.69) is 5.32 Å². The van der Waals surface area contributed by atoms with Crippen LogP contribution in [-0.4, -0.2) is 30.6 Å². The number of imide groups is 1. The molecule has 0 spiro atoms. The largest absolute Gasteiger partial charge is 0.497 e. The van der Waals surface area contributed by atoms with Gasteiger partial charge in [-0.1, -0.05) is 54.6 Å². The lowest BCUT2D eigenvalue weighted by atomic mass is 10.0. The summed E-state index contributed by atoms with van der Waals surface area (Å²) in [5.74, 6) is -1.16. The van der Waals surface area contributed by atoms with Crippen LogP contribution in [0.4, 0.5) is 11.4 Å². The second-order valence-electron chi connectivity index (χ2n) is 8.55. The number of nitrogens with one attached hydrogen (secondary N) is 1. The van der Waals surface area contributed by atoms with Crippen molar-refractivity contribution < 1.29 is 23.9 Å². The number of hydrogen-bond acceptors (Lipinski definition) is 5. The molecule has 0 unspecified atom stereocenters. The minimum atomic E-state index is -0.522. The zero-order valence-electron chi connectivity index (χ0n) is 20.4. The first-order valence-corrected chi connectivity index (χ1v) is 11.8. The zero-order valence-corrected chi connectivity index (χ0v) is 20.4. The molecular formula is C31H22N2O5. The molecule has 7 heteroatoms. The Bertz CT molecular complexity index is 1610. The number of fused-ring (bicyclic) bond motifs is 1. The molecule has 5 rings (SSSR count). The maximum atomic E-state index is 13.1. The summed E-state index contributed by atoms with van der Waals surface area (Å²) in [7, 11) is 1.50. The van der Waals surface area contributed by atoms with Crippen LogP contribution in [0.1, 0.15) is 47.0 Å². The number of amides is 3. The predicted octanol–water partition coefficient (Wildman–Crippen LogP) is 5.64. The quantitative estimate of drug-likeness (QED) is 0.200. The number of carbonyl (C=O) groups excluding carboxylic acids is 4. The van der Waals surface area contributed by atoms with Gasteiger partial charge in [0, 0.05) is 22.9 Å². The van der Waals surface area contributed by atoms with Gasteiger partial charge in [-0.25, -0.2) is 4.90 Å². The number of rotatable bonds is 7. The van der Waals surface area contributed by atoms with Gasteiger partial charge in [0.05, 0.1) is 23.9 Å². The van der Waals surface area contributed by atoms with Crippen LogP contribution < -0.4 is 15.0 Å². The molecule has 0 aromatic heterocycles. The topological polar surface area (TPSA) is 92.8 Å². The van der Waals surface area contributed by atoms with Gasteiger partial charge in [-0.2, -0.15) is 0 Å². The average Bonchev–Trinajstić information content (AvgIpc) is 3.21. The first-order chi connectivity index (χ1) is 18.4. The molecule has 1 N–H and O–H groups in total. The van der Waals surface area contributed by atoms with Crippen LogP contribution in [0.15, 0.2) is 103 Å². The Balaban J connectivity index is 1.33. The smallest absolute Gasteiger partial charge is 0.266 e. The van der Waals surface area contributed by atoms with Gasteiger partial charge in [0.1, 0.15) is 5.75 Å². The molecule has 186 valence electrons. The third kappa shape index (κ3) is 4.85. The fraction of sp³-hybridized carbons (Fsp3) is 0.0323. The zero-order chi connectivity index (χ0) is 26.6. The van der Waals surface area contributed by atoms with E-state index in [1.54, 1.807) is 54.6 Å². The van der Waals surface area contributed by atoms with Crippen LogP contribution in [0.5, 0.6) is 5.75 Å². The normalized spacial score (nSPS) is 12.5. The van der Waals surface area contributed by atoms with E-state index in [9.17, 15) is 19.2 Å². The molecule has 4 aromatic rings. The van der Waals surface area contributed by atoms with Crippen LogP contribution >= 0.6 is 0 Å². The van der Waals surface area contributed by atoms with Crippen LogP contribution in [0.3, 0.4) is 0 Å². The summed E-state index contributed by atoms with van der Waals surface area (Å²) in [6.07, 6.45) is 3.21. The van der Waals surface area contributed by atoms with E-state index in [4.69, 9.17) is 4.74 Å². The van der Waals surface area contributed by atoms with Crippen molar-refractivity contribution in [2.75, 3.05) is 17.3 Å². The first-order valence-electron chi connectivity index (χ1n) is 11.8. The third-order valence-electron chi connectivity index (χ3n) is 6.09. The van der Waals surface area contributed by atoms with Crippen LogP contribution in [0.25, 0.3) is 6.08 Å². The van der Waals surface area contributed by atoms with Crippen molar-refractivity contribution in [3.05, 3.63) is 131 Å². The number of ketones is 1. The third-order valence-corrected chi connectivity index (χ3v) is 6.09. The highest BCUT2D eigenvalue weighted by Gasteiger charge is 2.37. The number of ether oxygens (including phenoxy) is 1. The molecule has 0 aliphatic carbocycles. The summed E-state index contributed by atoms with van der Waals surface area (Å²) < 4.78 is 5.20. The number of hydrogen-bond donors (Lipinski definition) is 1. The fourth-order valence-corrected chi connectivity index (χ4v) is 4.15.